The number of anilines is 1. The fourth-order valence-electron chi connectivity index (χ4n) is 3.12. The molecule has 6 heteroatoms. The lowest BCUT2D eigenvalue weighted by atomic mass is 10.0. The maximum Gasteiger partial charge on any atom is 0.282 e. The van der Waals surface area contributed by atoms with Gasteiger partial charge in [-0.15, -0.1) is 0 Å². The van der Waals surface area contributed by atoms with Crippen molar-refractivity contribution in [2.75, 3.05) is 11.4 Å². The summed E-state index contributed by atoms with van der Waals surface area (Å²) >= 11 is 0. The van der Waals surface area contributed by atoms with E-state index in [9.17, 15) is 9.59 Å². The van der Waals surface area contributed by atoms with Crippen molar-refractivity contribution in [1.82, 2.24) is 10.3 Å². The van der Waals surface area contributed by atoms with Gasteiger partial charge in [0.25, 0.3) is 17.4 Å². The normalized spacial score (nSPS) is 18.6. The molecule has 0 spiro atoms. The van der Waals surface area contributed by atoms with Crippen LogP contribution in [0, 0.1) is 6.92 Å². The fourth-order valence-corrected chi connectivity index (χ4v) is 3.12. The Hall–Kier alpha value is -2.89. The number of benzene rings is 1. The zero-order chi connectivity index (χ0) is 19.4. The van der Waals surface area contributed by atoms with E-state index in [4.69, 9.17) is 4.74 Å². The van der Waals surface area contributed by atoms with Gasteiger partial charge < -0.3 is 10.1 Å². The number of aromatic nitrogens is 1. The van der Waals surface area contributed by atoms with Crippen LogP contribution in [0.25, 0.3) is 0 Å². The van der Waals surface area contributed by atoms with Crippen LogP contribution >= 0.6 is 0 Å². The number of nitrogens with one attached hydrogen (secondary N) is 1. The van der Waals surface area contributed by atoms with Crippen molar-refractivity contribution >= 4 is 17.6 Å². The first-order valence-corrected chi connectivity index (χ1v) is 9.25. The summed E-state index contributed by atoms with van der Waals surface area (Å²) in [4.78, 5) is 31.9. The first kappa shape index (κ1) is 18.9. The summed E-state index contributed by atoms with van der Waals surface area (Å²) in [6.07, 6.45) is 3.38. The molecule has 0 aliphatic carbocycles. The third-order valence-corrected chi connectivity index (χ3v) is 4.68. The minimum atomic E-state index is -1.62. The van der Waals surface area contributed by atoms with E-state index in [1.165, 1.54) is 6.92 Å². The summed E-state index contributed by atoms with van der Waals surface area (Å²) < 4.78 is 5.85. The van der Waals surface area contributed by atoms with Gasteiger partial charge in [-0.05, 0) is 38.0 Å². The molecule has 2 aromatic rings. The molecule has 0 fully saturated rings. The van der Waals surface area contributed by atoms with Gasteiger partial charge >= 0.3 is 0 Å². The Morgan fingerprint density at radius 3 is 2.85 bits per heavy atom. The zero-order valence-corrected chi connectivity index (χ0v) is 16.0. The zero-order valence-electron chi connectivity index (χ0n) is 16.0. The van der Waals surface area contributed by atoms with Gasteiger partial charge in [0.2, 0.25) is 0 Å². The second-order valence-corrected chi connectivity index (χ2v) is 6.94. The van der Waals surface area contributed by atoms with Gasteiger partial charge in [-0.1, -0.05) is 43.2 Å². The number of carbonyl (C=O) groups excluding carboxylic acids is 2. The minimum Gasteiger partial charge on any atom is -0.464 e. The molecule has 1 aliphatic rings. The van der Waals surface area contributed by atoms with E-state index in [0.717, 1.165) is 24.0 Å². The number of unbranched alkanes of at least 4 members (excludes halogenated alkanes) is 1. The van der Waals surface area contributed by atoms with Gasteiger partial charge in [-0.25, -0.2) is 4.98 Å². The highest BCUT2D eigenvalue weighted by molar-refractivity contribution is 6.16. The maximum atomic E-state index is 13.1. The Kier molecular flexibility index (Phi) is 5.44. The number of amides is 2. The molecular formula is C21H25N3O3. The largest absolute Gasteiger partial charge is 0.464 e. The van der Waals surface area contributed by atoms with Crippen LogP contribution in [0.5, 0.6) is 5.75 Å². The molecule has 2 heterocycles. The van der Waals surface area contributed by atoms with E-state index >= 15 is 0 Å². The van der Waals surface area contributed by atoms with Crippen LogP contribution in [0.3, 0.4) is 0 Å². The SMILES string of the molecule is CCCCN1C(=O)C(C)(C(=O)NCc2cccc(C)c2)Oc2cccnc21. The van der Waals surface area contributed by atoms with E-state index in [1.54, 1.807) is 23.2 Å². The second-order valence-electron chi connectivity index (χ2n) is 6.94. The molecule has 1 aromatic carbocycles. The average Bonchev–Trinajstić information content (AvgIpc) is 2.66. The van der Waals surface area contributed by atoms with Crippen molar-refractivity contribution in [2.24, 2.45) is 0 Å². The van der Waals surface area contributed by atoms with Gasteiger partial charge in [0.05, 0.1) is 0 Å². The van der Waals surface area contributed by atoms with Gasteiger partial charge in [0.1, 0.15) is 0 Å². The van der Waals surface area contributed by atoms with Crippen LogP contribution < -0.4 is 15.0 Å². The Bertz CT molecular complexity index is 852. The topological polar surface area (TPSA) is 71.5 Å². The van der Waals surface area contributed by atoms with Crippen LogP contribution in [0.4, 0.5) is 5.82 Å². The Labute approximate surface area is 159 Å². The smallest absolute Gasteiger partial charge is 0.282 e. The lowest BCUT2D eigenvalue weighted by Gasteiger charge is -2.38. The molecule has 0 saturated carbocycles. The van der Waals surface area contributed by atoms with Crippen LogP contribution in [0.2, 0.25) is 0 Å². The first-order chi connectivity index (χ1) is 13.0. The number of fused-ring (bicyclic) bond motifs is 1. The number of aryl methyl sites for hydroxylation is 1. The van der Waals surface area contributed by atoms with E-state index < -0.39 is 11.5 Å². The molecule has 0 radical (unpaired) electrons. The number of hydrogen-bond acceptors (Lipinski definition) is 4. The predicted octanol–water partition coefficient (Wildman–Crippen LogP) is 2.99. The number of nitrogens with zero attached hydrogens (tertiary/aromatic N) is 2. The van der Waals surface area contributed by atoms with Crippen molar-refractivity contribution in [3.63, 3.8) is 0 Å². The highest BCUT2D eigenvalue weighted by atomic mass is 16.5. The summed E-state index contributed by atoms with van der Waals surface area (Å²) in [6.45, 7) is 6.41. The van der Waals surface area contributed by atoms with Crippen molar-refractivity contribution in [2.45, 2.75) is 45.8 Å². The monoisotopic (exact) mass is 367 g/mol. The molecule has 1 atom stereocenters. The van der Waals surface area contributed by atoms with Gasteiger partial charge in [0, 0.05) is 19.3 Å². The second kappa shape index (κ2) is 7.78. The molecular weight excluding hydrogens is 342 g/mol. The molecule has 27 heavy (non-hydrogen) atoms. The van der Waals surface area contributed by atoms with Crippen molar-refractivity contribution < 1.29 is 14.3 Å². The van der Waals surface area contributed by atoms with Crippen molar-refractivity contribution in [3.8, 4) is 5.75 Å². The highest BCUT2D eigenvalue weighted by Crippen LogP contribution is 2.36. The van der Waals surface area contributed by atoms with Crippen LogP contribution in [-0.2, 0) is 16.1 Å². The highest BCUT2D eigenvalue weighted by Gasteiger charge is 2.50. The number of hydrogen-bond donors (Lipinski definition) is 1. The third-order valence-electron chi connectivity index (χ3n) is 4.68. The lowest BCUT2D eigenvalue weighted by molar-refractivity contribution is -0.148. The number of carbonyl (C=O) groups is 2. The summed E-state index contributed by atoms with van der Waals surface area (Å²) in [5.74, 6) is 0.0789. The fraction of sp³-hybridized carbons (Fsp3) is 0.381. The molecule has 3 rings (SSSR count). The average molecular weight is 367 g/mol. The molecule has 0 bridgehead atoms. The van der Waals surface area contributed by atoms with Gasteiger partial charge in [0.15, 0.2) is 11.6 Å². The van der Waals surface area contributed by atoms with Crippen molar-refractivity contribution in [3.05, 3.63) is 53.7 Å². The molecule has 0 saturated heterocycles. The predicted molar refractivity (Wildman–Crippen MR) is 104 cm³/mol. The summed E-state index contributed by atoms with van der Waals surface area (Å²) in [6, 6.07) is 11.3. The summed E-state index contributed by atoms with van der Waals surface area (Å²) in [5.41, 5.74) is 0.469. The first-order valence-electron chi connectivity index (χ1n) is 9.25. The van der Waals surface area contributed by atoms with E-state index in [0.29, 0.717) is 24.7 Å². The summed E-state index contributed by atoms with van der Waals surface area (Å²) in [7, 11) is 0. The molecule has 1 aromatic heterocycles. The number of pyridine rings is 1. The van der Waals surface area contributed by atoms with Gasteiger partial charge in [-0.3, -0.25) is 14.5 Å². The Morgan fingerprint density at radius 2 is 2.11 bits per heavy atom. The van der Waals surface area contributed by atoms with Crippen LogP contribution in [-0.4, -0.2) is 28.9 Å². The molecule has 6 nitrogen and oxygen atoms in total. The summed E-state index contributed by atoms with van der Waals surface area (Å²) in [5, 5.41) is 2.84. The Morgan fingerprint density at radius 1 is 1.30 bits per heavy atom. The standard InChI is InChI=1S/C21H25N3O3/c1-4-5-12-24-18-17(10-7-11-22-18)27-21(3,20(24)26)19(25)23-14-16-9-6-8-15(2)13-16/h6-11,13H,4-5,12,14H2,1-3H3,(H,23,25). The molecule has 142 valence electrons. The minimum absolute atomic E-state index is 0.335. The molecule has 1 unspecified atom stereocenters. The van der Waals surface area contributed by atoms with Crippen LogP contribution in [0.1, 0.15) is 37.8 Å². The third kappa shape index (κ3) is 3.79. The number of ether oxygens (including phenoxy) is 1. The molecule has 1 N–H and O–H groups in total. The van der Waals surface area contributed by atoms with Crippen LogP contribution in [0.15, 0.2) is 42.6 Å². The Balaban J connectivity index is 1.82. The number of rotatable bonds is 6. The van der Waals surface area contributed by atoms with Gasteiger partial charge in [-0.2, -0.15) is 0 Å². The molecule has 1 aliphatic heterocycles. The molecule has 2 amide bonds. The van der Waals surface area contributed by atoms with E-state index in [2.05, 4.69) is 17.2 Å². The van der Waals surface area contributed by atoms with E-state index in [1.807, 2.05) is 31.2 Å². The quantitative estimate of drug-likeness (QED) is 0.797. The lowest BCUT2D eigenvalue weighted by Crippen LogP contribution is -2.62. The van der Waals surface area contributed by atoms with E-state index in [-0.39, 0.29) is 5.91 Å². The maximum absolute atomic E-state index is 13.1. The van der Waals surface area contributed by atoms with Crippen molar-refractivity contribution in [1.29, 1.82) is 0 Å².